The Morgan fingerprint density at radius 2 is 2.26 bits per heavy atom. The fourth-order valence-corrected chi connectivity index (χ4v) is 2.37. The third-order valence-corrected chi connectivity index (χ3v) is 3.96. The molecule has 19 heavy (non-hydrogen) atoms. The molecule has 5 nitrogen and oxygen atoms in total. The van der Waals surface area contributed by atoms with E-state index < -0.39 is 0 Å². The average molecular weight is 330 g/mol. The number of anilines is 1. The lowest BCUT2D eigenvalue weighted by Crippen LogP contribution is -2.28. The molecule has 1 unspecified atom stereocenters. The highest BCUT2D eigenvalue weighted by Gasteiger charge is 2.29. The highest BCUT2D eigenvalue weighted by Crippen LogP contribution is 2.32. The van der Waals surface area contributed by atoms with Gasteiger partial charge in [0.1, 0.15) is 4.47 Å². The van der Waals surface area contributed by atoms with Crippen molar-refractivity contribution in [2.75, 3.05) is 11.9 Å². The van der Waals surface area contributed by atoms with Crippen LogP contribution in [0.5, 0.6) is 0 Å². The molecule has 0 radical (unpaired) electrons. The third kappa shape index (κ3) is 3.79. The van der Waals surface area contributed by atoms with Gasteiger partial charge < -0.3 is 10.4 Å². The summed E-state index contributed by atoms with van der Waals surface area (Å²) in [5, 5.41) is 17.0. The lowest BCUT2D eigenvalue weighted by molar-refractivity contribution is 0.164. The van der Waals surface area contributed by atoms with Gasteiger partial charge in [-0.25, -0.2) is 4.68 Å². The van der Waals surface area contributed by atoms with Gasteiger partial charge in [-0.05, 0) is 40.6 Å². The van der Waals surface area contributed by atoms with Crippen LogP contribution >= 0.6 is 15.9 Å². The minimum absolute atomic E-state index is 0.139. The Labute approximate surface area is 121 Å². The zero-order valence-corrected chi connectivity index (χ0v) is 12.9. The maximum Gasteiger partial charge on any atom is 0.283 e. The Bertz CT molecular complexity index is 497. The molecule has 1 saturated carbocycles. The molecule has 2 N–H and O–H groups in total. The molecule has 0 aliphatic heterocycles. The summed E-state index contributed by atoms with van der Waals surface area (Å²) in [6.07, 6.45) is 3.48. The number of halogens is 1. The minimum atomic E-state index is -0.343. The summed E-state index contributed by atoms with van der Waals surface area (Å²) >= 11 is 3.31. The molecular formula is C13H20BrN3O2. The first-order valence-electron chi connectivity index (χ1n) is 6.66. The molecule has 1 aliphatic carbocycles. The second-order valence-electron chi connectivity index (χ2n) is 5.54. The highest BCUT2D eigenvalue weighted by molar-refractivity contribution is 9.10. The second-order valence-corrected chi connectivity index (χ2v) is 6.33. The molecule has 0 saturated heterocycles. The fourth-order valence-electron chi connectivity index (χ4n) is 1.93. The summed E-state index contributed by atoms with van der Waals surface area (Å²) < 4.78 is 1.93. The molecule has 0 spiro atoms. The first-order chi connectivity index (χ1) is 8.99. The SMILES string of the molecule is CC(C)Cn1ncc(NCC(O)C2CC2)c(Br)c1=O. The molecule has 1 heterocycles. The van der Waals surface area contributed by atoms with Gasteiger partial charge in [-0.15, -0.1) is 0 Å². The summed E-state index contributed by atoms with van der Waals surface area (Å²) in [4.78, 5) is 12.1. The van der Waals surface area contributed by atoms with Crippen LogP contribution in [-0.2, 0) is 6.54 Å². The van der Waals surface area contributed by atoms with Crippen LogP contribution in [0.4, 0.5) is 5.69 Å². The number of aliphatic hydroxyl groups is 1. The van der Waals surface area contributed by atoms with Crippen LogP contribution in [-0.4, -0.2) is 27.5 Å². The van der Waals surface area contributed by atoms with Gasteiger partial charge in [-0.1, -0.05) is 13.8 Å². The monoisotopic (exact) mass is 329 g/mol. The Morgan fingerprint density at radius 1 is 1.58 bits per heavy atom. The van der Waals surface area contributed by atoms with Gasteiger partial charge in [0.25, 0.3) is 5.56 Å². The highest BCUT2D eigenvalue weighted by atomic mass is 79.9. The van der Waals surface area contributed by atoms with Crippen LogP contribution in [0.15, 0.2) is 15.5 Å². The number of rotatable bonds is 6. The summed E-state index contributed by atoms with van der Waals surface area (Å²) in [6, 6.07) is 0. The zero-order valence-electron chi connectivity index (χ0n) is 11.3. The molecule has 106 valence electrons. The van der Waals surface area contributed by atoms with Gasteiger partial charge in [-0.2, -0.15) is 5.10 Å². The Kier molecular flexibility index (Phi) is 4.62. The molecule has 0 amide bonds. The van der Waals surface area contributed by atoms with Crippen molar-refractivity contribution in [1.82, 2.24) is 9.78 Å². The van der Waals surface area contributed by atoms with Crippen LogP contribution < -0.4 is 10.9 Å². The quantitative estimate of drug-likeness (QED) is 0.835. The lowest BCUT2D eigenvalue weighted by Gasteiger charge is -2.14. The van der Waals surface area contributed by atoms with Gasteiger partial charge in [-0.3, -0.25) is 4.79 Å². The molecule has 0 bridgehead atoms. The van der Waals surface area contributed by atoms with Crippen molar-refractivity contribution >= 4 is 21.6 Å². The minimum Gasteiger partial charge on any atom is -0.391 e. The van der Waals surface area contributed by atoms with Gasteiger partial charge in [0.2, 0.25) is 0 Å². The smallest absolute Gasteiger partial charge is 0.283 e. The van der Waals surface area contributed by atoms with E-state index in [9.17, 15) is 9.90 Å². The number of nitrogens with one attached hydrogen (secondary N) is 1. The maximum atomic E-state index is 12.1. The first kappa shape index (κ1) is 14.5. The second kappa shape index (κ2) is 6.05. The van der Waals surface area contributed by atoms with Crippen molar-refractivity contribution in [3.8, 4) is 0 Å². The molecule has 0 aromatic carbocycles. The Hall–Kier alpha value is -0.880. The van der Waals surface area contributed by atoms with Crippen molar-refractivity contribution in [2.24, 2.45) is 11.8 Å². The van der Waals surface area contributed by atoms with Crippen molar-refractivity contribution in [1.29, 1.82) is 0 Å². The molecule has 1 aromatic heterocycles. The summed E-state index contributed by atoms with van der Waals surface area (Å²) in [6.45, 7) is 5.14. The lowest BCUT2D eigenvalue weighted by atomic mass is 10.2. The number of nitrogens with zero attached hydrogens (tertiary/aromatic N) is 2. The normalized spacial score (nSPS) is 16.7. The van der Waals surface area contributed by atoms with Crippen LogP contribution in [0.3, 0.4) is 0 Å². The van der Waals surface area contributed by atoms with Crippen molar-refractivity contribution in [3.05, 3.63) is 21.0 Å². The number of aromatic nitrogens is 2. The van der Waals surface area contributed by atoms with Gasteiger partial charge >= 0.3 is 0 Å². The van der Waals surface area contributed by atoms with Gasteiger partial charge in [0.05, 0.1) is 18.0 Å². The maximum absolute atomic E-state index is 12.1. The van der Waals surface area contributed by atoms with Crippen LogP contribution in [0.2, 0.25) is 0 Å². The topological polar surface area (TPSA) is 67.2 Å². The van der Waals surface area contributed by atoms with Crippen molar-refractivity contribution in [2.45, 2.75) is 39.3 Å². The average Bonchev–Trinajstić information content (AvgIpc) is 3.17. The number of aliphatic hydroxyl groups excluding tert-OH is 1. The fraction of sp³-hybridized carbons (Fsp3) is 0.692. The summed E-state index contributed by atoms with van der Waals surface area (Å²) in [5.41, 5.74) is 0.504. The van der Waals surface area contributed by atoms with E-state index in [0.717, 1.165) is 12.8 Å². The Morgan fingerprint density at radius 3 is 2.84 bits per heavy atom. The zero-order chi connectivity index (χ0) is 14.0. The molecular weight excluding hydrogens is 310 g/mol. The van der Waals surface area contributed by atoms with E-state index in [0.29, 0.717) is 35.1 Å². The van der Waals surface area contributed by atoms with E-state index in [2.05, 4.69) is 26.3 Å². The van der Waals surface area contributed by atoms with E-state index in [1.165, 1.54) is 4.68 Å². The van der Waals surface area contributed by atoms with Gasteiger partial charge in [0, 0.05) is 13.1 Å². The van der Waals surface area contributed by atoms with E-state index in [4.69, 9.17) is 0 Å². The van der Waals surface area contributed by atoms with E-state index >= 15 is 0 Å². The standard InChI is InChI=1S/C13H20BrN3O2/c1-8(2)7-17-13(19)12(14)10(5-16-17)15-6-11(18)9-3-4-9/h5,8-9,11,15,18H,3-4,6-7H2,1-2H3. The number of hydrogen-bond acceptors (Lipinski definition) is 4. The first-order valence-corrected chi connectivity index (χ1v) is 7.46. The largest absolute Gasteiger partial charge is 0.391 e. The number of hydrogen-bond donors (Lipinski definition) is 2. The van der Waals surface area contributed by atoms with Crippen molar-refractivity contribution in [3.63, 3.8) is 0 Å². The predicted molar refractivity (Wildman–Crippen MR) is 78.3 cm³/mol. The molecule has 1 aromatic rings. The van der Waals surface area contributed by atoms with Crippen molar-refractivity contribution < 1.29 is 5.11 Å². The van der Waals surface area contributed by atoms with E-state index in [1.807, 2.05) is 13.8 Å². The summed E-state index contributed by atoms with van der Waals surface area (Å²) in [7, 11) is 0. The predicted octanol–water partition coefficient (Wildman–Crippen LogP) is 1.84. The summed E-state index contributed by atoms with van der Waals surface area (Å²) in [5.74, 6) is 0.785. The van der Waals surface area contributed by atoms with Crippen LogP contribution in [0.1, 0.15) is 26.7 Å². The molecule has 6 heteroatoms. The van der Waals surface area contributed by atoms with Crippen LogP contribution in [0, 0.1) is 11.8 Å². The molecule has 1 aliphatic rings. The molecule has 1 atom stereocenters. The Balaban J connectivity index is 2.05. The van der Waals surface area contributed by atoms with E-state index in [-0.39, 0.29) is 11.7 Å². The van der Waals surface area contributed by atoms with Gasteiger partial charge in [0.15, 0.2) is 0 Å². The van der Waals surface area contributed by atoms with E-state index in [1.54, 1.807) is 6.20 Å². The third-order valence-electron chi connectivity index (χ3n) is 3.19. The van der Waals surface area contributed by atoms with Crippen LogP contribution in [0.25, 0.3) is 0 Å². The molecule has 2 rings (SSSR count). The molecule has 1 fully saturated rings.